The van der Waals surface area contributed by atoms with E-state index in [0.717, 1.165) is 0 Å². The fourth-order valence-corrected chi connectivity index (χ4v) is 2.21. The molecule has 0 fully saturated rings. The second-order valence-corrected chi connectivity index (χ2v) is 10.4. The molecule has 0 heterocycles. The Morgan fingerprint density at radius 1 is 1.25 bits per heavy atom. The van der Waals surface area contributed by atoms with E-state index in [9.17, 15) is 17.8 Å². The van der Waals surface area contributed by atoms with Crippen LogP contribution in [0.15, 0.2) is 0 Å². The summed E-state index contributed by atoms with van der Waals surface area (Å²) in [5.74, 6) is -0.600. The highest BCUT2D eigenvalue weighted by atomic mass is 32.8. The van der Waals surface area contributed by atoms with Crippen LogP contribution >= 0.6 is 0 Å². The number of esters is 1. The molecule has 2 unspecified atom stereocenters. The number of nitrogens with one attached hydrogen (secondary N) is 1. The quantitative estimate of drug-likeness (QED) is 0.785. The van der Waals surface area contributed by atoms with Gasteiger partial charge in [-0.15, -0.1) is 0 Å². The molecule has 20 heavy (non-hydrogen) atoms. The summed E-state index contributed by atoms with van der Waals surface area (Å²) in [5.41, 5.74) is -0.786. The number of rotatable bonds is 5. The first-order valence-corrected chi connectivity index (χ1v) is 8.64. The van der Waals surface area contributed by atoms with Crippen LogP contribution in [0.4, 0.5) is 8.78 Å². The normalized spacial score (nSPS) is 17.6. The maximum atomic E-state index is 12.9. The Bertz CT molecular complexity index is 437. The van der Waals surface area contributed by atoms with Gasteiger partial charge in [0.25, 0.3) is 6.43 Å². The maximum Gasteiger partial charge on any atom is 0.311 e. The molecule has 0 spiro atoms. The summed E-state index contributed by atoms with van der Waals surface area (Å²) < 4.78 is 44.3. The zero-order chi connectivity index (χ0) is 16.4. The lowest BCUT2D eigenvalue weighted by Crippen LogP contribution is -2.49. The van der Waals surface area contributed by atoms with E-state index in [1.165, 1.54) is 0 Å². The molecular weight excluding hydrogens is 308 g/mol. The van der Waals surface area contributed by atoms with Gasteiger partial charge in [-0.2, -0.15) is 0 Å². The smallest absolute Gasteiger partial charge is 0.311 e. The van der Waals surface area contributed by atoms with Crippen molar-refractivity contribution in [3.05, 3.63) is 0 Å². The van der Waals surface area contributed by atoms with E-state index in [0.29, 0.717) is 0 Å². The molecular formula is C12H23F2NO3S2. The molecule has 0 radical (unpaired) electrons. The van der Waals surface area contributed by atoms with Crippen LogP contribution in [0.1, 0.15) is 41.5 Å². The summed E-state index contributed by atoms with van der Waals surface area (Å²) in [6.07, 6.45) is -2.84. The van der Waals surface area contributed by atoms with Crippen LogP contribution in [0.3, 0.4) is 0 Å². The lowest BCUT2D eigenvalue weighted by molar-refractivity contribution is -0.154. The van der Waals surface area contributed by atoms with Crippen LogP contribution in [-0.2, 0) is 29.4 Å². The van der Waals surface area contributed by atoms with Crippen LogP contribution in [0, 0.1) is 5.41 Å². The predicted molar refractivity (Wildman–Crippen MR) is 78.6 cm³/mol. The third kappa shape index (κ3) is 5.97. The summed E-state index contributed by atoms with van der Waals surface area (Å²) in [6.45, 7) is 9.07. The van der Waals surface area contributed by atoms with E-state index < -0.39 is 43.9 Å². The maximum absolute atomic E-state index is 12.9. The minimum atomic E-state index is -3.11. The molecule has 0 saturated heterocycles. The van der Waals surface area contributed by atoms with Gasteiger partial charge in [0, 0.05) is 0 Å². The summed E-state index contributed by atoms with van der Waals surface area (Å²) in [7, 11) is -3.11. The first-order valence-electron chi connectivity index (χ1n) is 6.16. The van der Waals surface area contributed by atoms with Gasteiger partial charge >= 0.3 is 5.97 Å². The molecule has 0 saturated carbocycles. The summed E-state index contributed by atoms with van der Waals surface area (Å²) >= 11 is 4.87. The van der Waals surface area contributed by atoms with Gasteiger partial charge in [-0.1, -0.05) is 0 Å². The van der Waals surface area contributed by atoms with Gasteiger partial charge in [0.15, 0.2) is 0 Å². The molecule has 0 amide bonds. The highest BCUT2D eigenvalue weighted by Gasteiger charge is 2.33. The van der Waals surface area contributed by atoms with Gasteiger partial charge in [-0.3, -0.25) is 4.79 Å². The zero-order valence-electron chi connectivity index (χ0n) is 12.7. The van der Waals surface area contributed by atoms with E-state index >= 15 is 0 Å². The third-order valence-electron chi connectivity index (χ3n) is 2.42. The third-order valence-corrected chi connectivity index (χ3v) is 6.44. The summed E-state index contributed by atoms with van der Waals surface area (Å²) in [6, 6.07) is -1.55. The van der Waals surface area contributed by atoms with E-state index in [-0.39, 0.29) is 0 Å². The van der Waals surface area contributed by atoms with Crippen molar-refractivity contribution in [1.82, 2.24) is 4.72 Å². The Morgan fingerprint density at radius 3 is 2.00 bits per heavy atom. The number of carbonyl (C=O) groups is 1. The highest BCUT2D eigenvalue weighted by molar-refractivity contribution is 8.32. The van der Waals surface area contributed by atoms with Gasteiger partial charge in [0.1, 0.15) is 12.6 Å². The van der Waals surface area contributed by atoms with E-state index in [4.69, 9.17) is 15.9 Å². The van der Waals surface area contributed by atoms with Gasteiger partial charge < -0.3 is 4.74 Å². The fourth-order valence-electron chi connectivity index (χ4n) is 0.916. The molecule has 0 aromatic carbocycles. The van der Waals surface area contributed by atoms with Crippen molar-refractivity contribution in [2.24, 2.45) is 5.41 Å². The molecule has 1 N–H and O–H groups in total. The topological polar surface area (TPSA) is 55.4 Å². The van der Waals surface area contributed by atoms with Crippen molar-refractivity contribution in [3.8, 4) is 0 Å². The molecule has 0 aromatic heterocycles. The molecule has 120 valence electrons. The van der Waals surface area contributed by atoms with Crippen molar-refractivity contribution < 1.29 is 22.5 Å². The molecule has 0 bridgehead atoms. The minimum Gasteiger partial charge on any atom is -0.463 e. The SMILES string of the molecule is CC(C)(C)C(=O)OCC(NS(=O)(=S)C(C)(C)C)C(F)F. The summed E-state index contributed by atoms with van der Waals surface area (Å²) in [4.78, 5) is 11.6. The number of alkyl halides is 2. The molecule has 0 aliphatic carbocycles. The number of halogens is 2. The number of hydrogen-bond donors (Lipinski definition) is 1. The summed E-state index contributed by atoms with van der Waals surface area (Å²) in [5, 5.41) is 0. The van der Waals surface area contributed by atoms with Crippen molar-refractivity contribution in [1.29, 1.82) is 0 Å². The Hall–Kier alpha value is -0.340. The first kappa shape index (κ1) is 19.7. The average Bonchev–Trinajstić information content (AvgIpc) is 2.19. The second-order valence-electron chi connectivity index (χ2n) is 6.52. The molecule has 0 aliphatic heterocycles. The fraction of sp³-hybridized carbons (Fsp3) is 0.917. The number of hydrogen-bond acceptors (Lipinski definition) is 4. The average molecular weight is 331 g/mol. The Morgan fingerprint density at radius 2 is 1.70 bits per heavy atom. The zero-order valence-corrected chi connectivity index (χ0v) is 14.3. The molecule has 4 nitrogen and oxygen atoms in total. The lowest BCUT2D eigenvalue weighted by Gasteiger charge is -2.28. The molecule has 8 heteroatoms. The van der Waals surface area contributed by atoms with E-state index in [2.05, 4.69) is 4.72 Å². The van der Waals surface area contributed by atoms with Crippen LogP contribution in [0.5, 0.6) is 0 Å². The van der Waals surface area contributed by atoms with E-state index in [1.807, 2.05) is 0 Å². The lowest BCUT2D eigenvalue weighted by atomic mass is 9.97. The Balaban J connectivity index is 4.83. The number of carbonyl (C=O) groups excluding carboxylic acids is 1. The van der Waals surface area contributed by atoms with E-state index in [1.54, 1.807) is 41.5 Å². The van der Waals surface area contributed by atoms with Crippen LogP contribution in [0.25, 0.3) is 0 Å². The Kier molecular flexibility index (Phi) is 6.50. The molecule has 0 aliphatic rings. The van der Waals surface area contributed by atoms with Gasteiger partial charge in [-0.05, 0) is 52.7 Å². The largest absolute Gasteiger partial charge is 0.463 e. The van der Waals surface area contributed by atoms with Gasteiger partial charge in [0.05, 0.1) is 18.8 Å². The molecule has 0 aromatic rings. The molecule has 0 rings (SSSR count). The van der Waals surface area contributed by atoms with Crippen LogP contribution in [0.2, 0.25) is 0 Å². The van der Waals surface area contributed by atoms with Crippen LogP contribution < -0.4 is 4.72 Å². The second kappa shape index (κ2) is 6.62. The van der Waals surface area contributed by atoms with Gasteiger partial charge in [0.2, 0.25) is 0 Å². The predicted octanol–water partition coefficient (Wildman–Crippen LogP) is 2.26. The van der Waals surface area contributed by atoms with Crippen molar-refractivity contribution >= 4 is 25.8 Å². The monoisotopic (exact) mass is 331 g/mol. The van der Waals surface area contributed by atoms with Crippen molar-refractivity contribution in [3.63, 3.8) is 0 Å². The Labute approximate surface area is 124 Å². The van der Waals surface area contributed by atoms with Crippen molar-refractivity contribution in [2.45, 2.75) is 58.8 Å². The standard InChI is InChI=1S/C12H23F2NO3S2/c1-11(2,3)10(16)18-7-8(9(13)14)15-20(17,19)12(4,5)6/h8-9,15H,7H2,1-6H3. The minimum absolute atomic E-state index is 0.572. The van der Waals surface area contributed by atoms with Crippen molar-refractivity contribution in [2.75, 3.05) is 6.61 Å². The first-order chi connectivity index (χ1) is 8.68. The molecule has 2 atom stereocenters. The van der Waals surface area contributed by atoms with Gasteiger partial charge in [-0.25, -0.2) is 17.7 Å². The highest BCUT2D eigenvalue weighted by Crippen LogP contribution is 2.18. The van der Waals surface area contributed by atoms with Crippen LogP contribution in [-0.4, -0.2) is 34.0 Å². The number of ether oxygens (including phenoxy) is 1.